The van der Waals surface area contributed by atoms with Crippen molar-refractivity contribution in [2.45, 2.75) is 6.92 Å². The summed E-state index contributed by atoms with van der Waals surface area (Å²) >= 11 is 0. The Labute approximate surface area is 205 Å². The monoisotopic (exact) mass is 594 g/mol. The van der Waals surface area contributed by atoms with Crippen molar-refractivity contribution in [3.63, 3.8) is 0 Å². The topological polar surface area (TPSA) is 229 Å². The molecule has 0 rings (SSSR count). The molecule has 0 radical (unpaired) electrons. The smallest absolute Gasteiger partial charge is 0.324 e. The van der Waals surface area contributed by atoms with Gasteiger partial charge in [-0.2, -0.15) is 0 Å². The molecular weight excluding hydrogens is 556 g/mol. The van der Waals surface area contributed by atoms with E-state index in [1.54, 1.807) is 14.1 Å². The van der Waals surface area contributed by atoms with Gasteiger partial charge in [0.1, 0.15) is 0 Å². The molecule has 0 aliphatic heterocycles. The van der Waals surface area contributed by atoms with Crippen molar-refractivity contribution in [3.05, 3.63) is 0 Å². The minimum absolute atomic E-state index is 0.0897. The zero-order valence-electron chi connectivity index (χ0n) is 20.2. The van der Waals surface area contributed by atoms with E-state index in [0.717, 1.165) is 6.66 Å². The van der Waals surface area contributed by atoms with E-state index in [2.05, 4.69) is 19.7 Å². The SMILES string of the molecule is CCP(=O)(O)OCC(CNC)COP(=O)(O)OCCOP(=O)(O)OCC(CNC)COP(C)(=O)O. The second kappa shape index (κ2) is 17.1. The van der Waals surface area contributed by atoms with Gasteiger partial charge in [0.15, 0.2) is 0 Å². The lowest BCUT2D eigenvalue weighted by atomic mass is 10.2. The third kappa shape index (κ3) is 20.1. The first-order valence-electron chi connectivity index (χ1n) is 10.5. The second-order valence-corrected chi connectivity index (χ2v) is 14.3. The molecule has 6 N–H and O–H groups in total. The highest BCUT2D eigenvalue weighted by molar-refractivity contribution is 7.52. The van der Waals surface area contributed by atoms with Gasteiger partial charge in [-0.3, -0.25) is 27.2 Å². The molecule has 35 heavy (non-hydrogen) atoms. The van der Waals surface area contributed by atoms with Crippen molar-refractivity contribution in [2.75, 3.05) is 79.7 Å². The second-order valence-electron chi connectivity index (χ2n) is 7.39. The maximum absolute atomic E-state index is 12.0. The van der Waals surface area contributed by atoms with Crippen LogP contribution in [0, 0.1) is 11.8 Å². The summed E-state index contributed by atoms with van der Waals surface area (Å²) in [5.74, 6) is -1.08. The first-order chi connectivity index (χ1) is 16.0. The van der Waals surface area contributed by atoms with E-state index in [1.807, 2.05) is 0 Å². The summed E-state index contributed by atoms with van der Waals surface area (Å²) in [4.78, 5) is 38.1. The number of hydrogen-bond acceptors (Lipinski definition) is 12. The summed E-state index contributed by atoms with van der Waals surface area (Å²) in [7, 11) is -13.4. The Bertz CT molecular complexity index is 781. The fourth-order valence-electron chi connectivity index (χ4n) is 2.25. The summed E-state index contributed by atoms with van der Waals surface area (Å²) in [6, 6.07) is 0. The summed E-state index contributed by atoms with van der Waals surface area (Å²) in [5, 5.41) is 5.58. The fourth-order valence-corrected chi connectivity index (χ4v) is 4.92. The van der Waals surface area contributed by atoms with Crippen LogP contribution < -0.4 is 10.6 Å². The lowest BCUT2D eigenvalue weighted by molar-refractivity contribution is 0.0804. The quantitative estimate of drug-likeness (QED) is 0.0758. The zero-order valence-corrected chi connectivity index (χ0v) is 23.8. The van der Waals surface area contributed by atoms with E-state index in [-0.39, 0.29) is 45.7 Å². The lowest BCUT2D eigenvalue weighted by Crippen LogP contribution is -2.27. The first kappa shape index (κ1) is 35.4. The Balaban J connectivity index is 4.46. The molecule has 20 heteroatoms. The van der Waals surface area contributed by atoms with Crippen LogP contribution in [0.3, 0.4) is 0 Å². The van der Waals surface area contributed by atoms with Gasteiger partial charge >= 0.3 is 30.8 Å². The zero-order chi connectivity index (χ0) is 27.2. The molecule has 16 nitrogen and oxygen atoms in total. The average Bonchev–Trinajstić information content (AvgIpc) is 2.75. The molecule has 6 atom stereocenters. The van der Waals surface area contributed by atoms with Crippen LogP contribution >= 0.6 is 30.8 Å². The maximum Gasteiger partial charge on any atom is 0.472 e. The van der Waals surface area contributed by atoms with Gasteiger partial charge in [-0.15, -0.1) is 0 Å². The molecule has 0 spiro atoms. The van der Waals surface area contributed by atoms with Gasteiger partial charge in [-0.25, -0.2) is 9.13 Å². The molecule has 0 fully saturated rings. The highest BCUT2D eigenvalue weighted by Gasteiger charge is 2.28. The van der Waals surface area contributed by atoms with Crippen molar-refractivity contribution < 1.29 is 65.0 Å². The van der Waals surface area contributed by atoms with Crippen LogP contribution in [0.4, 0.5) is 0 Å². The summed E-state index contributed by atoms with van der Waals surface area (Å²) < 4.78 is 75.5. The van der Waals surface area contributed by atoms with Crippen LogP contribution in [0.15, 0.2) is 0 Å². The number of rotatable bonds is 22. The number of phosphoric acid groups is 2. The minimum Gasteiger partial charge on any atom is -0.324 e. The van der Waals surface area contributed by atoms with Crippen LogP contribution in [-0.2, 0) is 45.4 Å². The molecule has 6 unspecified atom stereocenters. The molecule has 212 valence electrons. The van der Waals surface area contributed by atoms with E-state index < -0.39 is 55.9 Å². The van der Waals surface area contributed by atoms with Gasteiger partial charge < -0.3 is 39.3 Å². The summed E-state index contributed by atoms with van der Waals surface area (Å²) in [6.07, 6.45) is -0.0897. The predicted octanol–water partition coefficient (Wildman–Crippen LogP) is 0.978. The van der Waals surface area contributed by atoms with Crippen LogP contribution in [-0.4, -0.2) is 99.2 Å². The van der Waals surface area contributed by atoms with Gasteiger partial charge in [0.2, 0.25) is 0 Å². The van der Waals surface area contributed by atoms with Crippen molar-refractivity contribution in [2.24, 2.45) is 11.8 Å². The molecule has 0 saturated carbocycles. The van der Waals surface area contributed by atoms with E-state index in [4.69, 9.17) is 18.1 Å². The lowest BCUT2D eigenvalue weighted by Gasteiger charge is -2.21. The highest BCUT2D eigenvalue weighted by Crippen LogP contribution is 2.46. The molecule has 0 saturated heterocycles. The third-order valence-corrected chi connectivity index (χ3v) is 7.93. The van der Waals surface area contributed by atoms with E-state index >= 15 is 0 Å². The van der Waals surface area contributed by atoms with Crippen molar-refractivity contribution >= 4 is 30.8 Å². The Morgan fingerprint density at radius 1 is 0.657 bits per heavy atom. The van der Waals surface area contributed by atoms with Gasteiger partial charge in [-0.1, -0.05) is 6.92 Å². The van der Waals surface area contributed by atoms with Gasteiger partial charge in [0.05, 0.1) is 39.6 Å². The van der Waals surface area contributed by atoms with Crippen LogP contribution in [0.2, 0.25) is 0 Å². The predicted molar refractivity (Wildman–Crippen MR) is 126 cm³/mol. The molecule has 0 amide bonds. The molecule has 0 heterocycles. The van der Waals surface area contributed by atoms with E-state index in [0.29, 0.717) is 0 Å². The van der Waals surface area contributed by atoms with Crippen molar-refractivity contribution in [1.82, 2.24) is 10.6 Å². The Kier molecular flexibility index (Phi) is 17.3. The van der Waals surface area contributed by atoms with Crippen LogP contribution in [0.5, 0.6) is 0 Å². The summed E-state index contributed by atoms with van der Waals surface area (Å²) in [5.41, 5.74) is 0. The molecule has 0 aromatic carbocycles. The number of nitrogens with one attached hydrogen (secondary N) is 2. The Morgan fingerprint density at radius 3 is 1.37 bits per heavy atom. The van der Waals surface area contributed by atoms with Gasteiger partial charge in [0, 0.05) is 37.8 Å². The molecule has 0 aromatic heterocycles. The number of phosphoric ester groups is 2. The van der Waals surface area contributed by atoms with Crippen molar-refractivity contribution in [1.29, 1.82) is 0 Å². The Morgan fingerprint density at radius 2 is 1.03 bits per heavy atom. The minimum atomic E-state index is -4.57. The molecule has 0 bridgehead atoms. The molecule has 0 aliphatic rings. The molecule has 0 aromatic rings. The Hall–Kier alpha value is 0.440. The summed E-state index contributed by atoms with van der Waals surface area (Å²) in [6.45, 7) is 0.702. The van der Waals surface area contributed by atoms with Gasteiger partial charge in [-0.05, 0) is 14.1 Å². The van der Waals surface area contributed by atoms with Gasteiger partial charge in [0.25, 0.3) is 0 Å². The maximum atomic E-state index is 12.0. The fraction of sp³-hybridized carbons (Fsp3) is 1.00. The third-order valence-electron chi connectivity index (χ3n) is 3.99. The standard InChI is InChI=1S/C15H38N2O14P4/c1-5-33(20,21)29-11-15(9-17-3)13-31-35(24,25)27-7-6-26-34(22,23)30-12-14(8-16-2)10-28-32(4,18)19/h14-17H,5-13H2,1-4H3,(H,18,19)(H,20,21)(H,22,23)(H,24,25). The normalized spacial score (nSPS) is 20.8. The van der Waals surface area contributed by atoms with E-state index in [9.17, 15) is 37.8 Å². The average molecular weight is 594 g/mol. The largest absolute Gasteiger partial charge is 0.472 e. The first-order valence-corrected chi connectivity index (χ1v) is 17.3. The van der Waals surface area contributed by atoms with E-state index in [1.165, 1.54) is 6.92 Å². The number of hydrogen-bond donors (Lipinski definition) is 6. The molecular formula is C15H38N2O14P4. The van der Waals surface area contributed by atoms with Crippen molar-refractivity contribution in [3.8, 4) is 0 Å². The highest BCUT2D eigenvalue weighted by atomic mass is 31.2. The van der Waals surface area contributed by atoms with Crippen LogP contribution in [0.25, 0.3) is 0 Å². The molecule has 0 aliphatic carbocycles. The van der Waals surface area contributed by atoms with Crippen LogP contribution in [0.1, 0.15) is 6.92 Å².